The number of fused-ring (bicyclic) bond motifs is 7. The number of rotatable bonds is 14. The zero-order valence-corrected chi connectivity index (χ0v) is 67.3. The molecule has 0 bridgehead atoms. The van der Waals surface area contributed by atoms with E-state index in [0.717, 1.165) is 162 Å². The van der Waals surface area contributed by atoms with E-state index in [9.17, 15) is 19.2 Å². The van der Waals surface area contributed by atoms with Gasteiger partial charge in [0.15, 0.2) is 23.1 Å². The van der Waals surface area contributed by atoms with E-state index >= 15 is 0 Å². The molecule has 0 amide bonds. The number of halogens is 2. The summed E-state index contributed by atoms with van der Waals surface area (Å²) in [5, 5.41) is 24.0. The molecule has 15 aromatic rings. The van der Waals surface area contributed by atoms with Crippen molar-refractivity contribution in [2.24, 2.45) is 71.1 Å². The molecule has 0 spiro atoms. The highest BCUT2D eigenvalue weighted by Crippen LogP contribution is 2.45. The minimum absolute atomic E-state index is 0.00677. The van der Waals surface area contributed by atoms with E-state index in [1.54, 1.807) is 10.9 Å². The Labute approximate surface area is 700 Å². The number of carbonyl (C=O) groups is 4. The molecule has 4 aliphatic rings. The van der Waals surface area contributed by atoms with Crippen LogP contribution in [-0.2, 0) is 34.6 Å². The van der Waals surface area contributed by atoms with Gasteiger partial charge in [0.2, 0.25) is 5.69 Å². The van der Waals surface area contributed by atoms with Crippen LogP contribution < -0.4 is 22.9 Å². The van der Waals surface area contributed by atoms with E-state index < -0.39 is 0 Å². The molecule has 0 aliphatic carbocycles. The quantitative estimate of drug-likeness (QED) is 0.0737. The molecule has 590 valence electrons. The van der Waals surface area contributed by atoms with Crippen LogP contribution in [0.2, 0.25) is 10.0 Å². The van der Waals surface area contributed by atoms with Crippen LogP contribution in [-0.4, -0.2) is 142 Å². The van der Waals surface area contributed by atoms with Crippen LogP contribution >= 0.6 is 23.2 Å². The number of ketones is 4. The Morgan fingerprint density at radius 1 is 0.383 bits per heavy atom. The third kappa shape index (κ3) is 15.2. The highest BCUT2D eigenvalue weighted by atomic mass is 35.5. The standard InChI is InChI=1S/C25H18ClN5O.C24H19ClN4O.C23H19N5O.C23H21N5O/c1-28-24-17-4-3-5-21(26)15(17)8-9-18(24)25-20(12-30-31(25)2)14-6-7-16-19(10-14)22(11-27)29-13-23(16)32;1-29-24(18-9-6-14-4-2-3-5-16(14)23(18)25)20(12-28-29)15-7-8-17-19(10-15)21(11-26)27-13-22(17)30;1-28-23(20-9-7-14-4-2-3-5-19(14)27-20)18(12-26-28)15-6-8-16-17(10-15)21(11-24)25-13-22(16)29;1-25-20(15-6-4-3-5-7-15)11-22-19(13-27-28(22)2)16-8-9-17-18(10-16)21(12-24)26-14-23(17)29/h3-10,12H,11,13,27H2,2H3;2-10,12H,11,13,26H2,1H3;2-10,12H,11,13,24H2,1H3;3-10,13,20H,11-12,14,24H2,2H3. The summed E-state index contributed by atoms with van der Waals surface area (Å²) in [6.07, 6.45) is 7.79. The van der Waals surface area contributed by atoms with E-state index in [4.69, 9.17) is 64.3 Å². The van der Waals surface area contributed by atoms with Crippen LogP contribution in [0.25, 0.3) is 121 Å². The Balaban J connectivity index is 0.000000119. The number of aromatic nitrogens is 9. The molecule has 4 aliphatic heterocycles. The maximum absolute atomic E-state index is 12.3. The van der Waals surface area contributed by atoms with Gasteiger partial charge in [-0.25, -0.2) is 16.4 Å². The molecule has 1 unspecified atom stereocenters. The Bertz CT molecular complexity index is 6930. The van der Waals surface area contributed by atoms with Gasteiger partial charge in [-0.2, -0.15) is 20.4 Å². The zero-order chi connectivity index (χ0) is 83.6. The number of hydrogen-bond acceptors (Lipinski definition) is 17. The second-order valence-electron chi connectivity index (χ2n) is 29.0. The summed E-state index contributed by atoms with van der Waals surface area (Å²) in [4.78, 5) is 78.9. The molecule has 25 heteroatoms. The topological polar surface area (TPSA) is 315 Å². The molecular weight excluding hydrogens is 1540 g/mol. The van der Waals surface area contributed by atoms with E-state index in [1.807, 2.05) is 255 Å². The molecular formula is C95H77Cl2N19O4. The van der Waals surface area contributed by atoms with Crippen molar-refractivity contribution >= 4 is 107 Å². The monoisotopic (exact) mass is 1620 g/mol. The lowest BCUT2D eigenvalue weighted by atomic mass is 9.91. The number of aliphatic imine (C=N–C) groups is 4. The summed E-state index contributed by atoms with van der Waals surface area (Å²) in [7, 11) is 7.55. The summed E-state index contributed by atoms with van der Waals surface area (Å²) >= 11 is 13.2. The van der Waals surface area contributed by atoms with Crippen molar-refractivity contribution in [2.75, 3.05) is 52.4 Å². The Hall–Kier alpha value is -14.3. The number of carbonyl (C=O) groups excluding carboxylic acids is 4. The third-order valence-corrected chi connectivity index (χ3v) is 22.8. The van der Waals surface area contributed by atoms with Gasteiger partial charge >= 0.3 is 0 Å². The second kappa shape index (κ2) is 34.1. The molecule has 0 saturated carbocycles. The normalized spacial score (nSPS) is 13.5. The number of Topliss-reactive ketones (excluding diaryl/α,β-unsaturated/α-hetero) is 4. The average Bonchev–Trinajstić information content (AvgIpc) is 1.49. The van der Waals surface area contributed by atoms with Gasteiger partial charge in [0.1, 0.15) is 26.2 Å². The third-order valence-electron chi connectivity index (χ3n) is 22.1. The lowest BCUT2D eigenvalue weighted by molar-refractivity contribution is 0.0992. The van der Waals surface area contributed by atoms with Crippen LogP contribution in [0.4, 0.5) is 5.69 Å². The first-order valence-electron chi connectivity index (χ1n) is 38.7. The van der Waals surface area contributed by atoms with Gasteiger partial charge in [-0.1, -0.05) is 187 Å². The molecule has 0 radical (unpaired) electrons. The molecule has 19 rings (SSSR count). The minimum Gasteiger partial charge on any atom is -0.325 e. The molecule has 120 heavy (non-hydrogen) atoms. The summed E-state index contributed by atoms with van der Waals surface area (Å²) in [5.74, 6) is 0.0215. The number of pyridine rings is 1. The number of nitrogens with zero attached hydrogens (tertiary/aromatic N) is 15. The van der Waals surface area contributed by atoms with E-state index in [0.29, 0.717) is 63.2 Å². The number of nitrogens with two attached hydrogens (primary N) is 4. The number of para-hydroxylation sites is 1. The maximum Gasteiger partial charge on any atom is 0.254 e. The lowest BCUT2D eigenvalue weighted by Gasteiger charge is -2.17. The van der Waals surface area contributed by atoms with Crippen molar-refractivity contribution < 1.29 is 19.2 Å². The van der Waals surface area contributed by atoms with Gasteiger partial charge in [-0.3, -0.25) is 57.9 Å². The highest BCUT2D eigenvalue weighted by Gasteiger charge is 2.30. The lowest BCUT2D eigenvalue weighted by Crippen LogP contribution is -2.25. The Morgan fingerprint density at radius 3 is 1.29 bits per heavy atom. The zero-order valence-electron chi connectivity index (χ0n) is 65.8. The molecule has 0 fully saturated rings. The average molecular weight is 1620 g/mol. The maximum atomic E-state index is 12.3. The molecule has 5 aromatic heterocycles. The van der Waals surface area contributed by atoms with Crippen LogP contribution in [0.5, 0.6) is 0 Å². The smallest absolute Gasteiger partial charge is 0.254 e. The SMILES string of the molecule is Cn1ncc(-c2ccc3c(c2)C(CN)=NCC3=O)c1-c1ccc2ccccc2c1Cl.Cn1ncc(-c2ccc3c(c2)C(CN)=NCC3=O)c1-c1ccc2ccccc2n1.[C-]#[N+]C(Cc1c(-c2ccc3c(c2)C(CN)=NCC3=O)cnn1C)c1ccccc1.[C-]#[N+]c1c(-c2c(-c3ccc4c(c3)C(CN)=NCC4=O)cnn2C)ccc2c(Cl)cccc12. The van der Waals surface area contributed by atoms with Gasteiger partial charge < -0.3 is 27.8 Å². The van der Waals surface area contributed by atoms with E-state index in [-0.39, 0.29) is 68.4 Å². The molecule has 8 N–H and O–H groups in total. The molecule has 1 atom stereocenters. The van der Waals surface area contributed by atoms with Crippen molar-refractivity contribution in [3.05, 3.63) is 320 Å². The first-order chi connectivity index (χ1) is 58.4. The van der Waals surface area contributed by atoms with Gasteiger partial charge in [0.05, 0.1) is 99.6 Å². The minimum atomic E-state index is -0.286. The van der Waals surface area contributed by atoms with Crippen LogP contribution in [0.1, 0.15) is 81.0 Å². The Kier molecular flexibility index (Phi) is 22.6. The summed E-state index contributed by atoms with van der Waals surface area (Å²) in [6.45, 7) is 17.3. The van der Waals surface area contributed by atoms with Crippen LogP contribution in [0.15, 0.2) is 251 Å². The predicted octanol–water partition coefficient (Wildman–Crippen LogP) is 16.0. The van der Waals surface area contributed by atoms with Gasteiger partial charge in [-0.05, 0) is 80.9 Å². The molecule has 10 aromatic carbocycles. The van der Waals surface area contributed by atoms with Crippen LogP contribution in [0, 0.1) is 13.1 Å². The van der Waals surface area contributed by atoms with E-state index in [2.05, 4.69) is 62.2 Å². The summed E-state index contributed by atoms with van der Waals surface area (Å²) in [6, 6.07) is 66.2. The number of hydrogen-bond donors (Lipinski definition) is 4. The molecule has 0 saturated heterocycles. The Morgan fingerprint density at radius 2 is 0.792 bits per heavy atom. The fourth-order valence-electron chi connectivity index (χ4n) is 16.0. The van der Waals surface area contributed by atoms with Gasteiger partial charge in [0, 0.05) is 154 Å². The largest absolute Gasteiger partial charge is 0.325 e. The first kappa shape index (κ1) is 79.6. The molecule has 23 nitrogen and oxygen atoms in total. The summed E-state index contributed by atoms with van der Waals surface area (Å²) < 4.78 is 7.24. The van der Waals surface area contributed by atoms with Crippen LogP contribution in [0.3, 0.4) is 0 Å². The van der Waals surface area contributed by atoms with Crippen molar-refractivity contribution in [1.29, 1.82) is 0 Å². The fourth-order valence-corrected chi connectivity index (χ4v) is 16.5. The van der Waals surface area contributed by atoms with Crippen molar-refractivity contribution in [3.63, 3.8) is 0 Å². The van der Waals surface area contributed by atoms with Gasteiger partial charge in [-0.15, -0.1) is 0 Å². The van der Waals surface area contributed by atoms with Crippen molar-refractivity contribution in [3.8, 4) is 78.4 Å². The van der Waals surface area contributed by atoms with Crippen molar-refractivity contribution in [1.82, 2.24) is 44.1 Å². The first-order valence-corrected chi connectivity index (χ1v) is 39.4. The second-order valence-corrected chi connectivity index (χ2v) is 29.8. The summed E-state index contributed by atoms with van der Waals surface area (Å²) in [5.41, 5.74) is 48.2. The van der Waals surface area contributed by atoms with Crippen molar-refractivity contribution in [2.45, 2.75) is 12.5 Å². The predicted molar refractivity (Wildman–Crippen MR) is 476 cm³/mol. The highest BCUT2D eigenvalue weighted by molar-refractivity contribution is 6.38. The fraction of sp³-hybridized carbons (Fsp3) is 0.147. The van der Waals surface area contributed by atoms with Gasteiger partial charge in [0.25, 0.3) is 6.04 Å². The molecule has 9 heterocycles. The number of aryl methyl sites for hydroxylation is 4. The van der Waals surface area contributed by atoms with E-state index in [1.165, 1.54) is 0 Å². The number of benzene rings is 10.